The molecule has 0 aromatic carbocycles. The highest BCUT2D eigenvalue weighted by Gasteiger charge is 2.25. The van der Waals surface area contributed by atoms with Gasteiger partial charge in [0.1, 0.15) is 0 Å². The Labute approximate surface area is 105 Å². The van der Waals surface area contributed by atoms with Crippen LogP contribution in [-0.2, 0) is 4.79 Å². The molecule has 2 fully saturated rings. The van der Waals surface area contributed by atoms with Crippen LogP contribution in [0.5, 0.6) is 0 Å². The van der Waals surface area contributed by atoms with Crippen molar-refractivity contribution in [2.75, 3.05) is 13.1 Å². The molecule has 0 radical (unpaired) electrons. The first-order valence-electron chi connectivity index (χ1n) is 7.30. The van der Waals surface area contributed by atoms with E-state index in [9.17, 15) is 4.79 Å². The van der Waals surface area contributed by atoms with Gasteiger partial charge in [-0.1, -0.05) is 32.6 Å². The monoisotopic (exact) mass is 238 g/mol. The molecule has 98 valence electrons. The van der Waals surface area contributed by atoms with Gasteiger partial charge in [-0.15, -0.1) is 0 Å². The molecule has 1 saturated carbocycles. The zero-order valence-corrected chi connectivity index (χ0v) is 11.0. The van der Waals surface area contributed by atoms with Crippen molar-refractivity contribution in [3.8, 4) is 0 Å². The molecule has 1 heterocycles. The van der Waals surface area contributed by atoms with Crippen molar-refractivity contribution in [3.05, 3.63) is 0 Å². The lowest BCUT2D eigenvalue weighted by Crippen LogP contribution is -2.49. The van der Waals surface area contributed by atoms with E-state index in [1.54, 1.807) is 0 Å². The Hall–Kier alpha value is -0.570. The van der Waals surface area contributed by atoms with Crippen molar-refractivity contribution >= 4 is 5.91 Å². The van der Waals surface area contributed by atoms with E-state index in [4.69, 9.17) is 0 Å². The Morgan fingerprint density at radius 1 is 1.29 bits per heavy atom. The molecule has 2 rings (SSSR count). The summed E-state index contributed by atoms with van der Waals surface area (Å²) in [5.74, 6) is 1.85. The van der Waals surface area contributed by atoms with Crippen molar-refractivity contribution in [2.45, 2.75) is 57.9 Å². The van der Waals surface area contributed by atoms with Gasteiger partial charge in [0.05, 0.1) is 6.04 Å². The fraction of sp³-hybridized carbons (Fsp3) is 0.929. The standard InChI is InChI=1S/C14H26N2O/c1-2-11-6-8-15-13(10-11)14(17)16-9-7-12-4-3-5-12/h11-13,15H,2-10H2,1H3,(H,16,17). The van der Waals surface area contributed by atoms with E-state index in [-0.39, 0.29) is 11.9 Å². The molecule has 2 atom stereocenters. The summed E-state index contributed by atoms with van der Waals surface area (Å²) < 4.78 is 0. The zero-order chi connectivity index (χ0) is 12.1. The molecule has 1 aliphatic heterocycles. The van der Waals surface area contributed by atoms with Crippen LogP contribution >= 0.6 is 0 Å². The number of piperidine rings is 1. The number of hydrogen-bond donors (Lipinski definition) is 2. The van der Waals surface area contributed by atoms with Crippen LogP contribution in [0.25, 0.3) is 0 Å². The minimum absolute atomic E-state index is 0.0649. The maximum Gasteiger partial charge on any atom is 0.237 e. The molecular weight excluding hydrogens is 212 g/mol. The summed E-state index contributed by atoms with van der Waals surface area (Å²) in [5.41, 5.74) is 0. The maximum absolute atomic E-state index is 12.0. The second-order valence-corrected chi connectivity index (χ2v) is 5.68. The Morgan fingerprint density at radius 3 is 2.76 bits per heavy atom. The first kappa shape index (κ1) is 12.9. The molecule has 3 nitrogen and oxygen atoms in total. The van der Waals surface area contributed by atoms with Gasteiger partial charge in [0.2, 0.25) is 5.91 Å². The molecule has 0 spiro atoms. The number of nitrogens with one attached hydrogen (secondary N) is 2. The number of carbonyl (C=O) groups is 1. The topological polar surface area (TPSA) is 41.1 Å². The van der Waals surface area contributed by atoms with Crippen LogP contribution in [0.15, 0.2) is 0 Å². The van der Waals surface area contributed by atoms with E-state index in [1.807, 2.05) is 0 Å². The first-order chi connectivity index (χ1) is 8.29. The van der Waals surface area contributed by atoms with E-state index >= 15 is 0 Å². The molecule has 1 amide bonds. The van der Waals surface area contributed by atoms with E-state index in [0.29, 0.717) is 0 Å². The van der Waals surface area contributed by atoms with Crippen LogP contribution in [0.2, 0.25) is 0 Å². The van der Waals surface area contributed by atoms with Gasteiger partial charge in [-0.3, -0.25) is 4.79 Å². The van der Waals surface area contributed by atoms with Gasteiger partial charge >= 0.3 is 0 Å². The van der Waals surface area contributed by atoms with Crippen molar-refractivity contribution in [1.82, 2.24) is 10.6 Å². The molecule has 2 N–H and O–H groups in total. The predicted octanol–water partition coefficient (Wildman–Crippen LogP) is 2.07. The fourth-order valence-corrected chi connectivity index (χ4v) is 2.87. The van der Waals surface area contributed by atoms with Crippen LogP contribution in [-0.4, -0.2) is 25.0 Å². The highest BCUT2D eigenvalue weighted by Crippen LogP contribution is 2.28. The number of carbonyl (C=O) groups excluding carboxylic acids is 1. The van der Waals surface area contributed by atoms with Crippen LogP contribution in [0, 0.1) is 11.8 Å². The number of hydrogen-bond acceptors (Lipinski definition) is 2. The van der Waals surface area contributed by atoms with Gasteiger partial charge in [0.25, 0.3) is 0 Å². The Kier molecular flexibility index (Phi) is 4.84. The quantitative estimate of drug-likeness (QED) is 0.770. The van der Waals surface area contributed by atoms with Crippen LogP contribution in [0.3, 0.4) is 0 Å². The third-order valence-corrected chi connectivity index (χ3v) is 4.48. The van der Waals surface area contributed by atoms with Crippen LogP contribution in [0.1, 0.15) is 51.9 Å². The number of amides is 1. The first-order valence-corrected chi connectivity index (χ1v) is 7.30. The normalized spacial score (nSPS) is 29.7. The van der Waals surface area contributed by atoms with Gasteiger partial charge in [-0.05, 0) is 37.6 Å². The minimum atomic E-state index is 0.0649. The largest absolute Gasteiger partial charge is 0.355 e. The third kappa shape index (κ3) is 3.70. The highest BCUT2D eigenvalue weighted by atomic mass is 16.2. The fourth-order valence-electron chi connectivity index (χ4n) is 2.87. The molecule has 1 saturated heterocycles. The van der Waals surface area contributed by atoms with Gasteiger partial charge in [-0.2, -0.15) is 0 Å². The van der Waals surface area contributed by atoms with Crippen molar-refractivity contribution in [3.63, 3.8) is 0 Å². The predicted molar refractivity (Wildman–Crippen MR) is 69.8 cm³/mol. The molecule has 3 heteroatoms. The molecular formula is C14H26N2O. The lowest BCUT2D eigenvalue weighted by Gasteiger charge is -2.29. The third-order valence-electron chi connectivity index (χ3n) is 4.48. The Morgan fingerprint density at radius 2 is 2.12 bits per heavy atom. The van der Waals surface area contributed by atoms with E-state index in [1.165, 1.54) is 38.5 Å². The van der Waals surface area contributed by atoms with Gasteiger partial charge in [0.15, 0.2) is 0 Å². The van der Waals surface area contributed by atoms with Gasteiger partial charge < -0.3 is 10.6 Å². The summed E-state index contributed by atoms with van der Waals surface area (Å²) in [6.07, 6.45) is 8.75. The summed E-state index contributed by atoms with van der Waals surface area (Å²) >= 11 is 0. The molecule has 1 aliphatic carbocycles. The molecule has 17 heavy (non-hydrogen) atoms. The van der Waals surface area contributed by atoms with Crippen molar-refractivity contribution in [2.24, 2.45) is 11.8 Å². The van der Waals surface area contributed by atoms with Gasteiger partial charge in [-0.25, -0.2) is 0 Å². The number of rotatable bonds is 5. The molecule has 0 aromatic rings. The summed E-state index contributed by atoms with van der Waals surface area (Å²) in [5, 5.41) is 6.43. The minimum Gasteiger partial charge on any atom is -0.355 e. The molecule has 2 unspecified atom stereocenters. The second-order valence-electron chi connectivity index (χ2n) is 5.68. The Balaban J connectivity index is 1.63. The van der Waals surface area contributed by atoms with Gasteiger partial charge in [0, 0.05) is 6.54 Å². The van der Waals surface area contributed by atoms with Crippen LogP contribution in [0.4, 0.5) is 0 Å². The van der Waals surface area contributed by atoms with Crippen LogP contribution < -0.4 is 10.6 Å². The van der Waals surface area contributed by atoms with E-state index in [0.717, 1.165) is 31.3 Å². The lowest BCUT2D eigenvalue weighted by molar-refractivity contribution is -0.124. The summed E-state index contributed by atoms with van der Waals surface area (Å²) in [4.78, 5) is 12.0. The van der Waals surface area contributed by atoms with Crippen molar-refractivity contribution < 1.29 is 4.79 Å². The highest BCUT2D eigenvalue weighted by molar-refractivity contribution is 5.81. The maximum atomic E-state index is 12.0. The second kappa shape index (κ2) is 6.39. The average Bonchev–Trinajstić information content (AvgIpc) is 2.32. The molecule has 0 bridgehead atoms. The smallest absolute Gasteiger partial charge is 0.237 e. The summed E-state index contributed by atoms with van der Waals surface area (Å²) in [6, 6.07) is 0.0649. The van der Waals surface area contributed by atoms with E-state index in [2.05, 4.69) is 17.6 Å². The lowest BCUT2D eigenvalue weighted by atomic mass is 9.83. The van der Waals surface area contributed by atoms with E-state index < -0.39 is 0 Å². The van der Waals surface area contributed by atoms with Crippen molar-refractivity contribution in [1.29, 1.82) is 0 Å². The summed E-state index contributed by atoms with van der Waals surface area (Å²) in [6.45, 7) is 4.10. The molecule has 0 aromatic heterocycles. The summed E-state index contributed by atoms with van der Waals surface area (Å²) in [7, 11) is 0. The zero-order valence-electron chi connectivity index (χ0n) is 11.0. The SMILES string of the molecule is CCC1CCNC(C(=O)NCCC2CCC2)C1. The average molecular weight is 238 g/mol. The Bertz CT molecular complexity index is 251. The molecule has 2 aliphatic rings.